The molecule has 2 aliphatic carbocycles. The summed E-state index contributed by atoms with van der Waals surface area (Å²) in [5.74, 6) is 1.82. The molecule has 1 heteroatoms. The third-order valence-corrected chi connectivity index (χ3v) is 4.24. The van der Waals surface area contributed by atoms with Crippen molar-refractivity contribution in [2.45, 2.75) is 36.0 Å². The fourth-order valence-electron chi connectivity index (χ4n) is 2.43. The number of rotatable bonds is 1. The van der Waals surface area contributed by atoms with Gasteiger partial charge in [-0.05, 0) is 43.9 Å². The number of allylic oxidation sites excluding steroid dienone is 4. The van der Waals surface area contributed by atoms with Crippen molar-refractivity contribution in [1.82, 2.24) is 0 Å². The van der Waals surface area contributed by atoms with E-state index in [1.807, 2.05) is 0 Å². The highest BCUT2D eigenvalue weighted by molar-refractivity contribution is 14.1. The molecular formula is C12H17I. The van der Waals surface area contributed by atoms with Crippen LogP contribution in [0.5, 0.6) is 0 Å². The van der Waals surface area contributed by atoms with Crippen LogP contribution in [0.4, 0.5) is 0 Å². The minimum absolute atomic E-state index is 0.876. The van der Waals surface area contributed by atoms with Gasteiger partial charge in [0.15, 0.2) is 0 Å². The van der Waals surface area contributed by atoms with Gasteiger partial charge < -0.3 is 0 Å². The Balaban J connectivity index is 1.95. The molecule has 0 amide bonds. The molecule has 0 nitrogen and oxygen atoms in total. The number of hydrogen-bond donors (Lipinski definition) is 0. The first-order valence-electron chi connectivity index (χ1n) is 5.32. The van der Waals surface area contributed by atoms with Crippen molar-refractivity contribution in [2.75, 3.05) is 0 Å². The van der Waals surface area contributed by atoms with Gasteiger partial charge in [0, 0.05) is 3.92 Å². The van der Waals surface area contributed by atoms with Crippen molar-refractivity contribution in [2.24, 2.45) is 11.8 Å². The third-order valence-electron chi connectivity index (χ3n) is 3.22. The second-order valence-electron chi connectivity index (χ2n) is 4.21. The number of hydrogen-bond acceptors (Lipinski definition) is 0. The Morgan fingerprint density at radius 3 is 2.69 bits per heavy atom. The minimum atomic E-state index is 0.876. The van der Waals surface area contributed by atoms with E-state index in [4.69, 9.17) is 0 Å². The highest BCUT2D eigenvalue weighted by Gasteiger charge is 2.23. The van der Waals surface area contributed by atoms with Crippen molar-refractivity contribution >= 4 is 22.6 Å². The van der Waals surface area contributed by atoms with E-state index in [-0.39, 0.29) is 0 Å². The minimum Gasteiger partial charge on any atom is -0.0885 e. The first kappa shape index (κ1) is 9.75. The van der Waals surface area contributed by atoms with Crippen LogP contribution in [0, 0.1) is 11.8 Å². The molecule has 0 saturated carbocycles. The van der Waals surface area contributed by atoms with Crippen molar-refractivity contribution in [1.29, 1.82) is 0 Å². The number of alkyl halides is 1. The molecule has 72 valence electrons. The molecular weight excluding hydrogens is 271 g/mol. The van der Waals surface area contributed by atoms with Crippen LogP contribution >= 0.6 is 22.6 Å². The molecule has 2 aliphatic rings. The molecule has 3 atom stereocenters. The maximum absolute atomic E-state index is 2.60. The van der Waals surface area contributed by atoms with E-state index in [0.29, 0.717) is 0 Å². The molecule has 0 heterocycles. The Hall–Kier alpha value is 0.210. The first-order valence-corrected chi connectivity index (χ1v) is 6.56. The largest absolute Gasteiger partial charge is 0.0885 e. The molecule has 0 aliphatic heterocycles. The molecule has 0 fully saturated rings. The maximum atomic E-state index is 2.60. The van der Waals surface area contributed by atoms with Crippen LogP contribution in [-0.4, -0.2) is 3.92 Å². The van der Waals surface area contributed by atoms with Crippen LogP contribution in [0.1, 0.15) is 32.1 Å². The summed E-state index contributed by atoms with van der Waals surface area (Å²) in [6.45, 7) is 0. The molecule has 2 rings (SSSR count). The molecule has 0 aromatic carbocycles. The van der Waals surface area contributed by atoms with E-state index in [1.165, 1.54) is 32.1 Å². The molecule has 0 aromatic rings. The average molecular weight is 288 g/mol. The van der Waals surface area contributed by atoms with Crippen LogP contribution in [0.15, 0.2) is 24.3 Å². The lowest BCUT2D eigenvalue weighted by Gasteiger charge is -2.29. The predicted molar refractivity (Wildman–Crippen MR) is 66.2 cm³/mol. The third kappa shape index (κ3) is 2.58. The van der Waals surface area contributed by atoms with Gasteiger partial charge in [0.1, 0.15) is 0 Å². The molecule has 13 heavy (non-hydrogen) atoms. The standard InChI is InChI=1S/C12H17I/c13-12-8-4-7-11(9-12)10-5-2-1-3-6-10/h1-2,4,7,10-12H,3,5-6,8-9H2. The van der Waals surface area contributed by atoms with E-state index in [1.54, 1.807) is 0 Å². The maximum Gasteiger partial charge on any atom is 0.0150 e. The zero-order chi connectivity index (χ0) is 9.10. The van der Waals surface area contributed by atoms with Crippen molar-refractivity contribution in [3.8, 4) is 0 Å². The lowest BCUT2D eigenvalue weighted by molar-refractivity contribution is 0.339. The Morgan fingerprint density at radius 1 is 1.08 bits per heavy atom. The van der Waals surface area contributed by atoms with Gasteiger partial charge in [0.2, 0.25) is 0 Å². The first-order chi connectivity index (χ1) is 6.36. The van der Waals surface area contributed by atoms with E-state index in [9.17, 15) is 0 Å². The Bertz CT molecular complexity index is 217. The second kappa shape index (κ2) is 4.63. The van der Waals surface area contributed by atoms with Crippen LogP contribution in [-0.2, 0) is 0 Å². The lowest BCUT2D eigenvalue weighted by Crippen LogP contribution is -2.20. The predicted octanol–water partition coefficient (Wildman–Crippen LogP) is 4.11. The summed E-state index contributed by atoms with van der Waals surface area (Å²) >= 11 is 2.60. The quantitative estimate of drug-likeness (QED) is 0.387. The molecule has 0 radical (unpaired) electrons. The summed E-state index contributed by atoms with van der Waals surface area (Å²) in [4.78, 5) is 0. The zero-order valence-corrected chi connectivity index (χ0v) is 10.1. The normalized spacial score (nSPS) is 39.3. The van der Waals surface area contributed by atoms with Gasteiger partial charge in [0.05, 0.1) is 0 Å². The Morgan fingerprint density at radius 2 is 2.00 bits per heavy atom. The molecule has 3 unspecified atom stereocenters. The van der Waals surface area contributed by atoms with E-state index >= 15 is 0 Å². The molecule has 0 aromatic heterocycles. The molecule has 0 N–H and O–H groups in total. The summed E-state index contributed by atoms with van der Waals surface area (Å²) in [5.41, 5.74) is 0. The van der Waals surface area contributed by atoms with Crippen LogP contribution < -0.4 is 0 Å². The summed E-state index contributed by atoms with van der Waals surface area (Å²) < 4.78 is 0.888. The fourth-order valence-corrected chi connectivity index (χ4v) is 3.31. The molecule has 0 bridgehead atoms. The SMILES string of the molecule is IC1CC=CC(C2CC=CCC2)C1. The van der Waals surface area contributed by atoms with Crippen LogP contribution in [0.25, 0.3) is 0 Å². The fraction of sp³-hybridized carbons (Fsp3) is 0.667. The second-order valence-corrected chi connectivity index (χ2v) is 5.97. The summed E-state index contributed by atoms with van der Waals surface area (Å²) in [6.07, 6.45) is 16.3. The number of halogens is 1. The van der Waals surface area contributed by atoms with Gasteiger partial charge in [-0.3, -0.25) is 0 Å². The average Bonchev–Trinajstić information content (AvgIpc) is 2.19. The molecule has 0 saturated heterocycles. The summed E-state index contributed by atoms with van der Waals surface area (Å²) in [6, 6.07) is 0. The van der Waals surface area contributed by atoms with Gasteiger partial charge in [-0.1, -0.05) is 46.9 Å². The smallest absolute Gasteiger partial charge is 0.0150 e. The van der Waals surface area contributed by atoms with E-state index < -0.39 is 0 Å². The highest BCUT2D eigenvalue weighted by Crippen LogP contribution is 2.35. The van der Waals surface area contributed by atoms with E-state index in [2.05, 4.69) is 46.9 Å². The topological polar surface area (TPSA) is 0 Å². The van der Waals surface area contributed by atoms with E-state index in [0.717, 1.165) is 15.8 Å². The summed E-state index contributed by atoms with van der Waals surface area (Å²) in [5, 5.41) is 0. The monoisotopic (exact) mass is 288 g/mol. The van der Waals surface area contributed by atoms with Gasteiger partial charge in [-0.2, -0.15) is 0 Å². The van der Waals surface area contributed by atoms with Gasteiger partial charge in [0.25, 0.3) is 0 Å². The van der Waals surface area contributed by atoms with Crippen molar-refractivity contribution in [3.05, 3.63) is 24.3 Å². The lowest BCUT2D eigenvalue weighted by atomic mass is 9.78. The van der Waals surface area contributed by atoms with Crippen LogP contribution in [0.2, 0.25) is 0 Å². The zero-order valence-electron chi connectivity index (χ0n) is 7.95. The molecule has 0 spiro atoms. The summed E-state index contributed by atoms with van der Waals surface area (Å²) in [7, 11) is 0. The van der Waals surface area contributed by atoms with Gasteiger partial charge in [-0.15, -0.1) is 0 Å². The highest BCUT2D eigenvalue weighted by atomic mass is 127. The Kier molecular flexibility index (Phi) is 3.47. The van der Waals surface area contributed by atoms with Crippen LogP contribution in [0.3, 0.4) is 0 Å². The van der Waals surface area contributed by atoms with Crippen molar-refractivity contribution < 1.29 is 0 Å². The van der Waals surface area contributed by atoms with Gasteiger partial charge >= 0.3 is 0 Å². The van der Waals surface area contributed by atoms with Gasteiger partial charge in [-0.25, -0.2) is 0 Å². The Labute approximate surface area is 94.6 Å². The van der Waals surface area contributed by atoms with Crippen molar-refractivity contribution in [3.63, 3.8) is 0 Å².